The maximum atomic E-state index is 10.4. The first-order valence-corrected chi connectivity index (χ1v) is 7.22. The van der Waals surface area contributed by atoms with Crippen molar-refractivity contribution in [2.24, 2.45) is 0 Å². The van der Waals surface area contributed by atoms with Gasteiger partial charge in [-0.1, -0.05) is 0 Å². The zero-order valence-electron chi connectivity index (χ0n) is 10.3. The Bertz CT molecular complexity index is 641. The molecule has 0 aromatic carbocycles. The first-order chi connectivity index (χ1) is 10.1. The summed E-state index contributed by atoms with van der Waals surface area (Å²) in [7, 11) is 0. The molecule has 1 aliphatic rings. The standard InChI is InChI=1S/C10H10ClIN4O5/c11-21-8-10(12,18)6(5(2-17)19-8)20-9-13-1-4-7(16-9)15-3-14-4/h1,3,5-6,8,17-18H,2H2,(H,13,14,15,16)/t5-,6-,8+,10+/m1/s1. The van der Waals surface area contributed by atoms with E-state index >= 15 is 0 Å². The maximum absolute atomic E-state index is 10.4. The highest BCUT2D eigenvalue weighted by atomic mass is 127. The average molecular weight is 429 g/mol. The molecular formula is C10H10ClIN4O5. The summed E-state index contributed by atoms with van der Waals surface area (Å²) < 4.78 is 13.7. The number of fused-ring (bicyclic) bond motifs is 1. The number of nitrogens with one attached hydrogen (secondary N) is 1. The lowest BCUT2D eigenvalue weighted by molar-refractivity contribution is -0.118. The van der Waals surface area contributed by atoms with Crippen molar-refractivity contribution in [3.8, 4) is 6.01 Å². The van der Waals surface area contributed by atoms with E-state index < -0.39 is 28.7 Å². The molecule has 1 saturated heterocycles. The smallest absolute Gasteiger partial charge is 0.319 e. The summed E-state index contributed by atoms with van der Waals surface area (Å²) in [6.07, 6.45) is 0.00835. The van der Waals surface area contributed by atoms with Crippen LogP contribution in [0.2, 0.25) is 0 Å². The summed E-state index contributed by atoms with van der Waals surface area (Å²) in [6, 6.07) is -0.00744. The Hall–Kier alpha value is -0.790. The number of nitrogens with zero attached hydrogens (tertiary/aromatic N) is 3. The van der Waals surface area contributed by atoms with Crippen molar-refractivity contribution >= 4 is 45.6 Å². The van der Waals surface area contributed by atoms with Crippen LogP contribution in [0.25, 0.3) is 11.2 Å². The van der Waals surface area contributed by atoms with Crippen LogP contribution in [0.15, 0.2) is 12.5 Å². The van der Waals surface area contributed by atoms with E-state index in [2.05, 4.69) is 24.2 Å². The predicted octanol–water partition coefficient (Wildman–Crippen LogP) is 0.111. The van der Waals surface area contributed by atoms with Gasteiger partial charge in [-0.15, -0.1) is 0 Å². The van der Waals surface area contributed by atoms with Gasteiger partial charge in [-0.2, -0.15) is 4.98 Å². The van der Waals surface area contributed by atoms with E-state index in [0.29, 0.717) is 11.2 Å². The lowest BCUT2D eigenvalue weighted by Gasteiger charge is -2.25. The summed E-state index contributed by atoms with van der Waals surface area (Å²) in [4.78, 5) is 14.9. The third-order valence-corrected chi connectivity index (χ3v) is 4.30. The normalized spacial score (nSPS) is 32.7. The van der Waals surface area contributed by atoms with Crippen molar-refractivity contribution in [2.45, 2.75) is 22.1 Å². The topological polar surface area (TPSA) is 123 Å². The van der Waals surface area contributed by atoms with E-state index in [4.69, 9.17) is 21.3 Å². The van der Waals surface area contributed by atoms with Gasteiger partial charge in [0.25, 0.3) is 0 Å². The first kappa shape index (κ1) is 15.1. The number of halogens is 2. The highest BCUT2D eigenvalue weighted by Gasteiger charge is 2.57. The average Bonchev–Trinajstić information content (AvgIpc) is 3.02. The monoisotopic (exact) mass is 428 g/mol. The maximum Gasteiger partial charge on any atom is 0.319 e. The number of aromatic nitrogens is 4. The van der Waals surface area contributed by atoms with E-state index in [0.717, 1.165) is 0 Å². The number of imidazole rings is 1. The highest BCUT2D eigenvalue weighted by molar-refractivity contribution is 14.1. The van der Waals surface area contributed by atoms with Crippen LogP contribution < -0.4 is 4.74 Å². The van der Waals surface area contributed by atoms with Crippen LogP contribution in [-0.2, 0) is 9.03 Å². The summed E-state index contributed by atoms with van der Waals surface area (Å²) in [5.74, 6) is 0. The number of aliphatic hydroxyl groups is 2. The van der Waals surface area contributed by atoms with E-state index in [-0.39, 0.29) is 6.01 Å². The van der Waals surface area contributed by atoms with E-state index in [9.17, 15) is 10.2 Å². The molecule has 1 aliphatic heterocycles. The minimum Gasteiger partial charge on any atom is -0.453 e. The second-order valence-electron chi connectivity index (χ2n) is 4.34. The van der Waals surface area contributed by atoms with Gasteiger partial charge in [0.15, 0.2) is 11.8 Å². The molecule has 2 aromatic heterocycles. The molecule has 4 atom stereocenters. The molecule has 2 aromatic rings. The van der Waals surface area contributed by atoms with E-state index in [1.165, 1.54) is 12.5 Å². The zero-order chi connectivity index (χ0) is 15.0. The Morgan fingerprint density at radius 3 is 3.05 bits per heavy atom. The Morgan fingerprint density at radius 1 is 1.52 bits per heavy atom. The van der Waals surface area contributed by atoms with Crippen LogP contribution in [0.3, 0.4) is 0 Å². The van der Waals surface area contributed by atoms with Gasteiger partial charge in [-0.25, -0.2) is 14.3 Å². The Balaban J connectivity index is 1.87. The minimum absolute atomic E-state index is 0.00744. The molecule has 0 unspecified atom stereocenters. The third-order valence-electron chi connectivity index (χ3n) is 3.01. The lowest BCUT2D eigenvalue weighted by Crippen LogP contribution is -2.47. The van der Waals surface area contributed by atoms with E-state index in [1.807, 2.05) is 0 Å². The first-order valence-electron chi connectivity index (χ1n) is 5.84. The quantitative estimate of drug-likeness (QED) is 0.463. The molecule has 0 aliphatic carbocycles. The number of rotatable bonds is 4. The molecule has 3 heterocycles. The van der Waals surface area contributed by atoms with Crippen LogP contribution in [0, 0.1) is 0 Å². The van der Waals surface area contributed by atoms with Crippen LogP contribution in [-0.4, -0.2) is 58.9 Å². The van der Waals surface area contributed by atoms with Crippen molar-refractivity contribution < 1.29 is 24.0 Å². The van der Waals surface area contributed by atoms with Gasteiger partial charge < -0.3 is 24.7 Å². The van der Waals surface area contributed by atoms with Crippen molar-refractivity contribution in [1.82, 2.24) is 19.9 Å². The predicted molar refractivity (Wildman–Crippen MR) is 77.8 cm³/mol. The molecule has 0 amide bonds. The summed E-state index contributed by atoms with van der Waals surface area (Å²) in [5, 5.41) is 19.7. The number of aliphatic hydroxyl groups excluding tert-OH is 1. The summed E-state index contributed by atoms with van der Waals surface area (Å²) in [6.45, 7) is -0.391. The van der Waals surface area contributed by atoms with Crippen LogP contribution in [0.4, 0.5) is 0 Å². The Morgan fingerprint density at radius 2 is 2.33 bits per heavy atom. The SMILES string of the molecule is OC[C@H]1O[C@@H](OCl)[C@](O)(I)[C@@H]1Oc1ncc2[nH]cnc2n1. The Labute approximate surface area is 136 Å². The fourth-order valence-electron chi connectivity index (χ4n) is 1.99. The molecule has 3 N–H and O–H groups in total. The van der Waals surface area contributed by atoms with Crippen molar-refractivity contribution in [3.05, 3.63) is 12.5 Å². The molecule has 21 heavy (non-hydrogen) atoms. The van der Waals surface area contributed by atoms with E-state index in [1.54, 1.807) is 22.6 Å². The molecule has 1 fully saturated rings. The number of aromatic amines is 1. The fourth-order valence-corrected chi connectivity index (χ4v) is 3.12. The second-order valence-corrected chi connectivity index (χ2v) is 6.24. The molecule has 0 radical (unpaired) electrons. The number of ether oxygens (including phenoxy) is 2. The number of H-pyrrole nitrogens is 1. The number of hydrogen-bond donors (Lipinski definition) is 3. The van der Waals surface area contributed by atoms with Gasteiger partial charge in [0.2, 0.25) is 9.90 Å². The van der Waals surface area contributed by atoms with Crippen LogP contribution in [0.1, 0.15) is 0 Å². The molecule has 9 nitrogen and oxygen atoms in total. The van der Waals surface area contributed by atoms with Crippen molar-refractivity contribution in [2.75, 3.05) is 6.61 Å². The van der Waals surface area contributed by atoms with Gasteiger partial charge >= 0.3 is 6.01 Å². The van der Waals surface area contributed by atoms with Gasteiger partial charge in [0.1, 0.15) is 11.6 Å². The zero-order valence-corrected chi connectivity index (χ0v) is 13.2. The van der Waals surface area contributed by atoms with Crippen molar-refractivity contribution in [1.29, 1.82) is 0 Å². The van der Waals surface area contributed by atoms with Gasteiger partial charge in [0, 0.05) is 0 Å². The number of alkyl halides is 1. The highest BCUT2D eigenvalue weighted by Crippen LogP contribution is 2.39. The minimum atomic E-state index is -1.61. The summed E-state index contributed by atoms with van der Waals surface area (Å²) in [5.41, 5.74) is 1.07. The second kappa shape index (κ2) is 5.78. The molecule has 0 bridgehead atoms. The third kappa shape index (κ3) is 2.66. The summed E-state index contributed by atoms with van der Waals surface area (Å²) >= 11 is 6.95. The molecular weight excluding hydrogens is 418 g/mol. The molecule has 3 rings (SSSR count). The lowest BCUT2D eigenvalue weighted by atomic mass is 10.1. The fraction of sp³-hybridized carbons (Fsp3) is 0.500. The van der Waals surface area contributed by atoms with Crippen LogP contribution in [0.5, 0.6) is 6.01 Å². The van der Waals surface area contributed by atoms with Gasteiger partial charge in [-0.3, -0.25) is 0 Å². The molecule has 114 valence electrons. The van der Waals surface area contributed by atoms with Gasteiger partial charge in [0.05, 0.1) is 31.0 Å². The van der Waals surface area contributed by atoms with Crippen LogP contribution >= 0.6 is 34.5 Å². The largest absolute Gasteiger partial charge is 0.453 e. The molecule has 11 heteroatoms. The molecule has 0 spiro atoms. The Kier molecular flexibility index (Phi) is 4.16. The van der Waals surface area contributed by atoms with Gasteiger partial charge in [-0.05, 0) is 22.6 Å². The molecule has 0 saturated carbocycles. The number of hydrogen-bond acceptors (Lipinski definition) is 8. The van der Waals surface area contributed by atoms with Crippen molar-refractivity contribution in [3.63, 3.8) is 0 Å².